The summed E-state index contributed by atoms with van der Waals surface area (Å²) < 4.78 is 2.62. The first kappa shape index (κ1) is 58.4. The standard InChI is InChI=1S/C90H74BN3S/c1-88(2,3)68-38-42-73(43-39-68)93-80-55-74(92(71-29-18-12-19-30-71)72-31-20-13-21-32-72)56-81-85(80)91(87-86(93)76-54-70(90(7,8)9)41-46-82(76)95-87)77-52-61(66-50-64(57-23-14-10-15-24-57)49-65(51-66)58-25-16-11-17-26-58)37-44-79(77)94(81)78-45-40-69(89(4,5)6)53-75(78)67-47-62-35-33-59-27-22-28-60-34-36-63(48-67)84(62)83(59)60/h10-56H,1-9H3. The maximum Gasteiger partial charge on any atom is 0.264 e. The molecule has 3 nitrogen and oxygen atoms in total. The summed E-state index contributed by atoms with van der Waals surface area (Å²) in [6, 6.07) is 109. The van der Waals surface area contributed by atoms with Crippen LogP contribution in [0, 0.1) is 0 Å². The van der Waals surface area contributed by atoms with Gasteiger partial charge in [0.25, 0.3) is 6.71 Å². The van der Waals surface area contributed by atoms with Crippen LogP contribution in [0.15, 0.2) is 285 Å². The Balaban J connectivity index is 1.01. The molecule has 0 aliphatic carbocycles. The summed E-state index contributed by atoms with van der Waals surface area (Å²) in [7, 11) is 0. The van der Waals surface area contributed by atoms with E-state index in [2.05, 4.69) is 362 Å². The Labute approximate surface area is 563 Å². The Morgan fingerprint density at radius 2 is 0.811 bits per heavy atom. The molecule has 458 valence electrons. The number of thiophene rings is 1. The van der Waals surface area contributed by atoms with Crippen LogP contribution in [0.25, 0.3) is 86.9 Å². The van der Waals surface area contributed by atoms with Crippen molar-refractivity contribution in [2.75, 3.05) is 14.7 Å². The smallest absolute Gasteiger partial charge is 0.264 e. The molecule has 3 heterocycles. The van der Waals surface area contributed by atoms with Crippen molar-refractivity contribution in [3.8, 4) is 44.5 Å². The lowest BCUT2D eigenvalue weighted by Gasteiger charge is -2.44. The highest BCUT2D eigenvalue weighted by Crippen LogP contribution is 2.54. The fourth-order valence-corrected chi connectivity index (χ4v) is 16.5. The third kappa shape index (κ3) is 9.93. The Bertz CT molecular complexity index is 5320. The highest BCUT2D eigenvalue weighted by molar-refractivity contribution is 7.33. The van der Waals surface area contributed by atoms with Gasteiger partial charge in [-0.2, -0.15) is 0 Å². The minimum atomic E-state index is -0.168. The van der Waals surface area contributed by atoms with Crippen LogP contribution in [-0.2, 0) is 16.2 Å². The van der Waals surface area contributed by atoms with Crippen molar-refractivity contribution in [1.29, 1.82) is 0 Å². The summed E-state index contributed by atoms with van der Waals surface area (Å²) in [6.45, 7) is 20.9. The maximum absolute atomic E-state index is 2.67. The van der Waals surface area contributed by atoms with E-state index in [0.717, 1.165) is 45.5 Å². The van der Waals surface area contributed by atoms with Gasteiger partial charge in [0.1, 0.15) is 0 Å². The molecular weight excluding hydrogens is 1170 g/mol. The van der Waals surface area contributed by atoms with Gasteiger partial charge in [0, 0.05) is 54.6 Å². The molecule has 5 heteroatoms. The summed E-state index contributed by atoms with van der Waals surface area (Å²) in [5.41, 5.74) is 25.8. The molecule has 2 aliphatic rings. The average molecular weight is 1240 g/mol. The summed E-state index contributed by atoms with van der Waals surface area (Å²) >= 11 is 1.97. The fourth-order valence-electron chi connectivity index (χ4n) is 15.2. The van der Waals surface area contributed by atoms with Crippen molar-refractivity contribution in [1.82, 2.24) is 0 Å². The molecule has 1 aromatic heterocycles. The van der Waals surface area contributed by atoms with Crippen molar-refractivity contribution in [3.63, 3.8) is 0 Å². The molecule has 0 spiro atoms. The number of hydrogen-bond acceptors (Lipinski definition) is 4. The molecule has 0 amide bonds. The lowest BCUT2D eigenvalue weighted by atomic mass is 9.36. The second kappa shape index (κ2) is 22.1. The number of benzene rings is 14. The summed E-state index contributed by atoms with van der Waals surface area (Å²) in [6.07, 6.45) is 0. The largest absolute Gasteiger partial charge is 0.311 e. The minimum Gasteiger partial charge on any atom is -0.311 e. The van der Waals surface area contributed by atoms with Gasteiger partial charge in [-0.1, -0.05) is 238 Å². The molecule has 2 aliphatic heterocycles. The molecule has 0 fully saturated rings. The van der Waals surface area contributed by atoms with Crippen LogP contribution < -0.4 is 30.4 Å². The lowest BCUT2D eigenvalue weighted by molar-refractivity contribution is 0.590. The summed E-state index contributed by atoms with van der Waals surface area (Å²) in [5, 5.41) is 8.94. The molecule has 15 aromatic rings. The van der Waals surface area contributed by atoms with E-state index in [1.54, 1.807) is 0 Å². The van der Waals surface area contributed by atoms with Gasteiger partial charge in [0.15, 0.2) is 0 Å². The molecule has 95 heavy (non-hydrogen) atoms. The molecule has 0 saturated heterocycles. The first-order valence-corrected chi connectivity index (χ1v) is 34.4. The highest BCUT2D eigenvalue weighted by atomic mass is 32.1. The number of rotatable bonds is 9. The van der Waals surface area contributed by atoms with E-state index in [1.165, 1.54) is 125 Å². The van der Waals surface area contributed by atoms with Crippen molar-refractivity contribution in [3.05, 3.63) is 302 Å². The van der Waals surface area contributed by atoms with E-state index >= 15 is 0 Å². The fraction of sp³-hybridized carbons (Fsp3) is 0.133. The van der Waals surface area contributed by atoms with Crippen LogP contribution in [0.4, 0.5) is 51.2 Å². The number of nitrogens with zero attached hydrogens (tertiary/aromatic N) is 3. The van der Waals surface area contributed by atoms with Gasteiger partial charge in [0.2, 0.25) is 0 Å². The topological polar surface area (TPSA) is 9.72 Å². The third-order valence-corrected chi connectivity index (χ3v) is 21.4. The van der Waals surface area contributed by atoms with Gasteiger partial charge < -0.3 is 14.7 Å². The Morgan fingerprint density at radius 1 is 0.326 bits per heavy atom. The molecular formula is C90H74BN3S. The molecule has 17 rings (SSSR count). The zero-order valence-electron chi connectivity index (χ0n) is 55.5. The van der Waals surface area contributed by atoms with Gasteiger partial charge in [-0.05, 0) is 224 Å². The molecule has 0 atom stereocenters. The SMILES string of the molecule is CC(C)(C)c1ccc(N2c3cc(N(c4ccccc4)c4ccccc4)cc4c3B(c3cc(-c5cc(-c6ccccc6)cc(-c6ccccc6)c5)ccc3N4c3ccc(C(C)(C)C)cc3-c3cc4ccc5cccc6ccc(c3)c4c56)c3sc4ccc(C(C)(C)C)cc4c32)cc1. The Hall–Kier alpha value is -10.5. The average Bonchev–Trinajstić information content (AvgIpc) is 1.68. The molecule has 0 bridgehead atoms. The van der Waals surface area contributed by atoms with Gasteiger partial charge >= 0.3 is 0 Å². The number of para-hydroxylation sites is 2. The molecule has 0 radical (unpaired) electrons. The second-order valence-corrected chi connectivity index (χ2v) is 30.5. The van der Waals surface area contributed by atoms with Crippen molar-refractivity contribution in [2.24, 2.45) is 0 Å². The zero-order valence-corrected chi connectivity index (χ0v) is 56.3. The van der Waals surface area contributed by atoms with E-state index in [1.807, 2.05) is 11.3 Å². The van der Waals surface area contributed by atoms with Crippen LogP contribution in [0.3, 0.4) is 0 Å². The van der Waals surface area contributed by atoms with Crippen LogP contribution in [0.2, 0.25) is 0 Å². The first-order valence-electron chi connectivity index (χ1n) is 33.6. The summed E-state index contributed by atoms with van der Waals surface area (Å²) in [4.78, 5) is 7.80. The normalized spacial score (nSPS) is 13.0. The third-order valence-electron chi connectivity index (χ3n) is 20.1. The van der Waals surface area contributed by atoms with Crippen LogP contribution in [0.5, 0.6) is 0 Å². The number of anilines is 9. The predicted molar refractivity (Wildman–Crippen MR) is 412 cm³/mol. The van der Waals surface area contributed by atoms with E-state index < -0.39 is 0 Å². The first-order chi connectivity index (χ1) is 46.0. The predicted octanol–water partition coefficient (Wildman–Crippen LogP) is 23.9. The maximum atomic E-state index is 2.67. The monoisotopic (exact) mass is 1240 g/mol. The minimum absolute atomic E-state index is 0.0429. The lowest BCUT2D eigenvalue weighted by Crippen LogP contribution is -2.60. The van der Waals surface area contributed by atoms with Gasteiger partial charge in [-0.15, -0.1) is 11.3 Å². The van der Waals surface area contributed by atoms with Crippen LogP contribution in [-0.4, -0.2) is 6.71 Å². The number of hydrogen-bond donors (Lipinski definition) is 0. The molecule has 0 unspecified atom stereocenters. The van der Waals surface area contributed by atoms with Crippen LogP contribution >= 0.6 is 11.3 Å². The Morgan fingerprint density at radius 3 is 1.38 bits per heavy atom. The second-order valence-electron chi connectivity index (χ2n) is 29.4. The van der Waals surface area contributed by atoms with Crippen molar-refractivity contribution in [2.45, 2.75) is 78.6 Å². The summed E-state index contributed by atoms with van der Waals surface area (Å²) in [5.74, 6) is 0. The van der Waals surface area contributed by atoms with E-state index in [9.17, 15) is 0 Å². The molecule has 14 aromatic carbocycles. The van der Waals surface area contributed by atoms with E-state index in [-0.39, 0.29) is 23.0 Å². The number of fused-ring (bicyclic) bond motifs is 6. The molecule has 0 N–H and O–H groups in total. The van der Waals surface area contributed by atoms with Crippen LogP contribution in [0.1, 0.15) is 79.0 Å². The van der Waals surface area contributed by atoms with Gasteiger partial charge in [-0.3, -0.25) is 0 Å². The Kier molecular flexibility index (Phi) is 13.6. The van der Waals surface area contributed by atoms with Crippen molar-refractivity contribution >= 4 is 127 Å². The highest BCUT2D eigenvalue weighted by Gasteiger charge is 2.47. The molecule has 0 saturated carbocycles. The van der Waals surface area contributed by atoms with E-state index in [0.29, 0.717) is 0 Å². The van der Waals surface area contributed by atoms with Gasteiger partial charge in [-0.25, -0.2) is 0 Å². The van der Waals surface area contributed by atoms with E-state index in [4.69, 9.17) is 0 Å². The zero-order chi connectivity index (χ0) is 64.6. The van der Waals surface area contributed by atoms with Gasteiger partial charge in [0.05, 0.1) is 17.1 Å². The quantitative estimate of drug-likeness (QED) is 0.105. The van der Waals surface area contributed by atoms with Crippen molar-refractivity contribution < 1.29 is 0 Å².